The lowest BCUT2D eigenvalue weighted by Gasteiger charge is -2.10. The molecule has 0 heterocycles. The Morgan fingerprint density at radius 2 is 1.71 bits per heavy atom. The summed E-state index contributed by atoms with van der Waals surface area (Å²) in [5.74, 6) is 1.90. The maximum atomic E-state index is 6.03. The number of nitrogens with two attached hydrogens (primary N) is 1. The smallest absolute Gasteiger partial charge is 0.188 e. The van der Waals surface area contributed by atoms with Gasteiger partial charge in [0.05, 0.1) is 20.8 Å². The van der Waals surface area contributed by atoms with E-state index in [1.807, 2.05) is 36.4 Å². The molecule has 0 saturated carbocycles. The third kappa shape index (κ3) is 5.51. The Morgan fingerprint density at radius 1 is 0.964 bits per heavy atom. The normalized spacial score (nSPS) is 11.0. The SMILES string of the molecule is COc1ccc(CCNC(N)=NCc2cccc3ccccc23)cc1OC.I. The lowest BCUT2D eigenvalue weighted by atomic mass is 10.1. The Balaban J connectivity index is 0.00000280. The molecule has 5 nitrogen and oxygen atoms in total. The second kappa shape index (κ2) is 10.8. The van der Waals surface area contributed by atoms with E-state index in [-0.39, 0.29) is 24.0 Å². The van der Waals surface area contributed by atoms with E-state index in [2.05, 4.69) is 34.6 Å². The summed E-state index contributed by atoms with van der Waals surface area (Å²) in [7, 11) is 3.27. The second-order valence-corrected chi connectivity index (χ2v) is 6.21. The molecule has 0 aliphatic carbocycles. The molecule has 0 spiro atoms. The number of hydrogen-bond acceptors (Lipinski definition) is 3. The minimum atomic E-state index is 0. The van der Waals surface area contributed by atoms with Crippen molar-refractivity contribution in [2.45, 2.75) is 13.0 Å². The molecule has 0 amide bonds. The van der Waals surface area contributed by atoms with Gasteiger partial charge in [-0.2, -0.15) is 0 Å². The van der Waals surface area contributed by atoms with Crippen molar-refractivity contribution in [3.05, 3.63) is 71.8 Å². The minimum Gasteiger partial charge on any atom is -0.493 e. The molecule has 3 aromatic carbocycles. The molecule has 0 radical (unpaired) electrons. The third-order valence-electron chi connectivity index (χ3n) is 4.47. The highest BCUT2D eigenvalue weighted by molar-refractivity contribution is 14.0. The maximum absolute atomic E-state index is 6.03. The number of halogens is 1. The molecule has 0 saturated heterocycles. The van der Waals surface area contributed by atoms with E-state index in [0.717, 1.165) is 29.0 Å². The zero-order valence-electron chi connectivity index (χ0n) is 16.1. The molecule has 3 rings (SSSR count). The van der Waals surface area contributed by atoms with Gasteiger partial charge in [0.25, 0.3) is 0 Å². The van der Waals surface area contributed by atoms with Crippen LogP contribution in [0.2, 0.25) is 0 Å². The van der Waals surface area contributed by atoms with Gasteiger partial charge >= 0.3 is 0 Å². The molecule has 6 heteroatoms. The largest absolute Gasteiger partial charge is 0.493 e. The lowest BCUT2D eigenvalue weighted by Crippen LogP contribution is -2.33. The first-order valence-electron chi connectivity index (χ1n) is 8.92. The van der Waals surface area contributed by atoms with Crippen LogP contribution in [-0.2, 0) is 13.0 Å². The van der Waals surface area contributed by atoms with Crippen LogP contribution < -0.4 is 20.5 Å². The number of guanidine groups is 1. The molecular formula is C22H26IN3O2. The number of nitrogens with zero attached hydrogens (tertiary/aromatic N) is 1. The van der Waals surface area contributed by atoms with Crippen molar-refractivity contribution in [2.24, 2.45) is 10.7 Å². The van der Waals surface area contributed by atoms with Crippen molar-refractivity contribution in [3.63, 3.8) is 0 Å². The number of ether oxygens (including phenoxy) is 2. The topological polar surface area (TPSA) is 68.9 Å². The van der Waals surface area contributed by atoms with Crippen LogP contribution in [0.1, 0.15) is 11.1 Å². The van der Waals surface area contributed by atoms with Gasteiger partial charge in [0.15, 0.2) is 17.5 Å². The summed E-state index contributed by atoms with van der Waals surface area (Å²) in [6.45, 7) is 1.25. The van der Waals surface area contributed by atoms with Crippen molar-refractivity contribution in [1.82, 2.24) is 5.32 Å². The molecule has 0 aliphatic heterocycles. The van der Waals surface area contributed by atoms with Gasteiger partial charge in [-0.3, -0.25) is 0 Å². The number of fused-ring (bicyclic) bond motifs is 1. The Kier molecular flexibility index (Phi) is 8.38. The quantitative estimate of drug-likeness (QED) is 0.297. The van der Waals surface area contributed by atoms with Crippen LogP contribution in [0.25, 0.3) is 10.8 Å². The summed E-state index contributed by atoms with van der Waals surface area (Å²) in [4.78, 5) is 4.48. The average Bonchev–Trinajstić information content (AvgIpc) is 2.72. The highest BCUT2D eigenvalue weighted by Gasteiger charge is 2.05. The molecule has 148 valence electrons. The molecule has 3 N–H and O–H groups in total. The fraction of sp³-hybridized carbons (Fsp3) is 0.227. The fourth-order valence-corrected chi connectivity index (χ4v) is 3.03. The molecule has 0 bridgehead atoms. The molecule has 0 unspecified atom stereocenters. The molecule has 0 aliphatic rings. The van der Waals surface area contributed by atoms with Gasteiger partial charge in [-0.25, -0.2) is 4.99 Å². The van der Waals surface area contributed by atoms with Crippen molar-refractivity contribution >= 4 is 40.7 Å². The van der Waals surface area contributed by atoms with E-state index in [1.54, 1.807) is 14.2 Å². The maximum Gasteiger partial charge on any atom is 0.188 e. The van der Waals surface area contributed by atoms with Crippen molar-refractivity contribution < 1.29 is 9.47 Å². The van der Waals surface area contributed by atoms with Gasteiger partial charge in [-0.15, -0.1) is 24.0 Å². The van der Waals surface area contributed by atoms with Crippen molar-refractivity contribution in [3.8, 4) is 11.5 Å². The van der Waals surface area contributed by atoms with E-state index in [1.165, 1.54) is 10.8 Å². The van der Waals surface area contributed by atoms with E-state index >= 15 is 0 Å². The monoisotopic (exact) mass is 491 g/mol. The fourth-order valence-electron chi connectivity index (χ4n) is 3.03. The summed E-state index contributed by atoms with van der Waals surface area (Å²) < 4.78 is 10.6. The van der Waals surface area contributed by atoms with Crippen LogP contribution in [0, 0.1) is 0 Å². The highest BCUT2D eigenvalue weighted by Crippen LogP contribution is 2.27. The van der Waals surface area contributed by atoms with E-state index in [9.17, 15) is 0 Å². The van der Waals surface area contributed by atoms with Crippen LogP contribution >= 0.6 is 24.0 Å². The van der Waals surface area contributed by atoms with Crippen LogP contribution in [-0.4, -0.2) is 26.7 Å². The van der Waals surface area contributed by atoms with E-state index < -0.39 is 0 Å². The Morgan fingerprint density at radius 3 is 2.50 bits per heavy atom. The van der Waals surface area contributed by atoms with Crippen LogP contribution in [0.15, 0.2) is 65.7 Å². The first-order valence-corrected chi connectivity index (χ1v) is 8.92. The zero-order chi connectivity index (χ0) is 19.1. The summed E-state index contributed by atoms with van der Waals surface area (Å²) in [6.07, 6.45) is 0.810. The van der Waals surface area contributed by atoms with Gasteiger partial charge in [-0.05, 0) is 40.5 Å². The molecule has 3 aromatic rings. The first-order chi connectivity index (χ1) is 13.2. The Hall–Kier alpha value is -2.48. The van der Waals surface area contributed by atoms with Crippen LogP contribution in [0.5, 0.6) is 11.5 Å². The highest BCUT2D eigenvalue weighted by atomic mass is 127. The Labute approximate surface area is 183 Å². The number of methoxy groups -OCH3 is 2. The van der Waals surface area contributed by atoms with Gasteiger partial charge in [-0.1, -0.05) is 48.5 Å². The van der Waals surface area contributed by atoms with E-state index in [0.29, 0.717) is 19.0 Å². The predicted molar refractivity (Wildman–Crippen MR) is 126 cm³/mol. The summed E-state index contributed by atoms with van der Waals surface area (Å²) >= 11 is 0. The van der Waals surface area contributed by atoms with Gasteiger partial charge in [0.1, 0.15) is 0 Å². The molecular weight excluding hydrogens is 465 g/mol. The summed E-state index contributed by atoms with van der Waals surface area (Å²) in [6, 6.07) is 20.4. The van der Waals surface area contributed by atoms with Gasteiger partial charge in [0, 0.05) is 6.54 Å². The number of benzene rings is 3. The molecule has 28 heavy (non-hydrogen) atoms. The van der Waals surface area contributed by atoms with Crippen LogP contribution in [0.3, 0.4) is 0 Å². The molecule has 0 atom stereocenters. The lowest BCUT2D eigenvalue weighted by molar-refractivity contribution is 0.354. The molecule has 0 fully saturated rings. The predicted octanol–water partition coefficient (Wildman–Crippen LogP) is 4.12. The number of aliphatic imine (C=N–C) groups is 1. The standard InChI is InChI=1S/C22H25N3O2.HI/c1-26-20-11-10-16(14-21(20)27-2)12-13-24-22(23)25-15-18-8-5-7-17-6-3-4-9-19(17)18;/h3-11,14H,12-13,15H2,1-2H3,(H3,23,24,25);1H. The zero-order valence-corrected chi connectivity index (χ0v) is 18.5. The summed E-state index contributed by atoms with van der Waals surface area (Å²) in [5, 5.41) is 5.59. The number of nitrogens with one attached hydrogen (secondary N) is 1. The second-order valence-electron chi connectivity index (χ2n) is 6.21. The number of hydrogen-bond donors (Lipinski definition) is 2. The summed E-state index contributed by atoms with van der Waals surface area (Å²) in [5.41, 5.74) is 8.33. The van der Waals surface area contributed by atoms with Crippen molar-refractivity contribution in [1.29, 1.82) is 0 Å². The van der Waals surface area contributed by atoms with Gasteiger partial charge < -0.3 is 20.5 Å². The van der Waals surface area contributed by atoms with Crippen LogP contribution in [0.4, 0.5) is 0 Å². The Bertz CT molecular complexity index is 939. The van der Waals surface area contributed by atoms with E-state index in [4.69, 9.17) is 15.2 Å². The minimum absolute atomic E-state index is 0. The van der Waals surface area contributed by atoms with Crippen molar-refractivity contribution in [2.75, 3.05) is 20.8 Å². The third-order valence-corrected chi connectivity index (χ3v) is 4.47. The number of rotatable bonds is 7. The average molecular weight is 491 g/mol. The van der Waals surface area contributed by atoms with Gasteiger partial charge in [0.2, 0.25) is 0 Å². The molecule has 0 aromatic heterocycles. The first kappa shape index (κ1) is 21.8.